The Balaban J connectivity index is 1.87. The minimum atomic E-state index is -0.459. The van der Waals surface area contributed by atoms with Crippen LogP contribution in [0.5, 0.6) is 11.5 Å². The van der Waals surface area contributed by atoms with Crippen molar-refractivity contribution in [3.63, 3.8) is 0 Å². The van der Waals surface area contributed by atoms with Crippen molar-refractivity contribution < 1.29 is 23.8 Å². The largest absolute Gasteiger partial charge is 0.494 e. The topological polar surface area (TPSA) is 73.9 Å². The lowest BCUT2D eigenvalue weighted by Gasteiger charge is -2.09. The summed E-state index contributed by atoms with van der Waals surface area (Å²) in [7, 11) is 1.31. The number of carbonyl (C=O) groups excluding carboxylic acids is 2. The van der Waals surface area contributed by atoms with Gasteiger partial charge in [-0.1, -0.05) is 6.07 Å². The molecule has 2 aromatic rings. The highest BCUT2D eigenvalue weighted by atomic mass is 16.5. The third-order valence-electron chi connectivity index (χ3n) is 3.07. The van der Waals surface area contributed by atoms with Crippen molar-refractivity contribution in [3.8, 4) is 11.5 Å². The van der Waals surface area contributed by atoms with Crippen LogP contribution in [0.1, 0.15) is 17.3 Å². The van der Waals surface area contributed by atoms with Crippen LogP contribution in [0.4, 0.5) is 5.69 Å². The Labute approximate surface area is 140 Å². The van der Waals surface area contributed by atoms with Gasteiger partial charge in [0.2, 0.25) is 0 Å². The number of anilines is 1. The van der Waals surface area contributed by atoms with Gasteiger partial charge in [0, 0.05) is 5.69 Å². The zero-order chi connectivity index (χ0) is 17.4. The van der Waals surface area contributed by atoms with E-state index in [1.54, 1.807) is 42.5 Å². The molecule has 0 aliphatic rings. The molecule has 126 valence electrons. The number of hydrogen-bond donors (Lipinski definition) is 1. The molecule has 0 aliphatic carbocycles. The summed E-state index contributed by atoms with van der Waals surface area (Å²) in [4.78, 5) is 23.4. The Morgan fingerprint density at radius 3 is 2.42 bits per heavy atom. The van der Waals surface area contributed by atoms with Gasteiger partial charge in [-0.15, -0.1) is 0 Å². The molecule has 0 aliphatic heterocycles. The normalized spacial score (nSPS) is 9.92. The highest BCUT2D eigenvalue weighted by Crippen LogP contribution is 2.16. The Bertz CT molecular complexity index is 697. The summed E-state index contributed by atoms with van der Waals surface area (Å²) in [5, 5.41) is 2.72. The number of nitrogens with one attached hydrogen (secondary N) is 1. The van der Waals surface area contributed by atoms with Crippen molar-refractivity contribution in [3.05, 3.63) is 54.1 Å². The van der Waals surface area contributed by atoms with Crippen LogP contribution in [0.25, 0.3) is 0 Å². The highest BCUT2D eigenvalue weighted by Gasteiger charge is 2.08. The quantitative estimate of drug-likeness (QED) is 0.791. The highest BCUT2D eigenvalue weighted by molar-refractivity contribution is 5.92. The summed E-state index contributed by atoms with van der Waals surface area (Å²) in [6, 6.07) is 13.5. The molecule has 0 atom stereocenters. The maximum atomic E-state index is 11.9. The fourth-order valence-corrected chi connectivity index (χ4v) is 1.98. The molecule has 0 aromatic heterocycles. The van der Waals surface area contributed by atoms with Crippen LogP contribution in [0.2, 0.25) is 0 Å². The molecule has 0 heterocycles. The lowest BCUT2D eigenvalue weighted by Crippen LogP contribution is -2.20. The Hall–Kier alpha value is -3.02. The van der Waals surface area contributed by atoms with Gasteiger partial charge in [0.15, 0.2) is 6.61 Å². The molecule has 0 fully saturated rings. The molecule has 0 unspecified atom stereocenters. The average molecular weight is 329 g/mol. The molecule has 6 heteroatoms. The summed E-state index contributed by atoms with van der Waals surface area (Å²) in [5.41, 5.74) is 1.01. The maximum Gasteiger partial charge on any atom is 0.337 e. The van der Waals surface area contributed by atoms with Crippen molar-refractivity contribution in [1.82, 2.24) is 0 Å². The van der Waals surface area contributed by atoms with Gasteiger partial charge >= 0.3 is 5.97 Å². The molecule has 0 bridgehead atoms. The SMILES string of the molecule is CCOc1ccc(NC(=O)COc2cccc(C(=O)OC)c2)cc1. The van der Waals surface area contributed by atoms with Crippen LogP contribution in [-0.2, 0) is 9.53 Å². The van der Waals surface area contributed by atoms with Gasteiger partial charge in [0.1, 0.15) is 11.5 Å². The summed E-state index contributed by atoms with van der Waals surface area (Å²) < 4.78 is 15.4. The second-order valence-electron chi connectivity index (χ2n) is 4.81. The van der Waals surface area contributed by atoms with Gasteiger partial charge in [-0.2, -0.15) is 0 Å². The van der Waals surface area contributed by atoms with Gasteiger partial charge in [-0.3, -0.25) is 4.79 Å². The monoisotopic (exact) mass is 329 g/mol. The molecule has 2 aromatic carbocycles. The Morgan fingerprint density at radius 2 is 1.75 bits per heavy atom. The van der Waals surface area contributed by atoms with Crippen LogP contribution < -0.4 is 14.8 Å². The van der Waals surface area contributed by atoms with Crippen molar-refractivity contribution in [1.29, 1.82) is 0 Å². The number of esters is 1. The molecule has 0 saturated heterocycles. The second kappa shape index (κ2) is 8.57. The van der Waals surface area contributed by atoms with Crippen LogP contribution in [0.3, 0.4) is 0 Å². The molecule has 24 heavy (non-hydrogen) atoms. The van der Waals surface area contributed by atoms with Crippen LogP contribution in [0, 0.1) is 0 Å². The first-order chi connectivity index (χ1) is 11.6. The van der Waals surface area contributed by atoms with Crippen molar-refractivity contribution in [2.75, 3.05) is 25.6 Å². The van der Waals surface area contributed by atoms with Gasteiger partial charge < -0.3 is 19.5 Å². The first kappa shape index (κ1) is 17.3. The van der Waals surface area contributed by atoms with Crippen molar-refractivity contribution in [2.24, 2.45) is 0 Å². The van der Waals surface area contributed by atoms with E-state index in [0.717, 1.165) is 5.75 Å². The van der Waals surface area contributed by atoms with Gasteiger partial charge in [-0.25, -0.2) is 4.79 Å². The first-order valence-electron chi connectivity index (χ1n) is 7.46. The zero-order valence-electron chi connectivity index (χ0n) is 13.6. The number of carbonyl (C=O) groups is 2. The van der Waals surface area contributed by atoms with E-state index >= 15 is 0 Å². The first-order valence-corrected chi connectivity index (χ1v) is 7.46. The molecule has 1 N–H and O–H groups in total. The average Bonchev–Trinajstić information content (AvgIpc) is 2.61. The summed E-state index contributed by atoms with van der Waals surface area (Å²) in [6.45, 7) is 2.32. The van der Waals surface area contributed by atoms with E-state index in [1.165, 1.54) is 13.2 Å². The van der Waals surface area contributed by atoms with E-state index < -0.39 is 5.97 Å². The maximum absolute atomic E-state index is 11.9. The lowest BCUT2D eigenvalue weighted by atomic mass is 10.2. The zero-order valence-corrected chi connectivity index (χ0v) is 13.6. The van der Waals surface area contributed by atoms with Crippen molar-refractivity contribution in [2.45, 2.75) is 6.92 Å². The van der Waals surface area contributed by atoms with E-state index in [2.05, 4.69) is 10.1 Å². The molecular formula is C18H19NO5. The summed E-state index contributed by atoms with van der Waals surface area (Å²) in [5.74, 6) is 0.396. The van der Waals surface area contributed by atoms with Crippen LogP contribution in [0.15, 0.2) is 48.5 Å². The number of rotatable bonds is 7. The minimum absolute atomic E-state index is 0.169. The van der Waals surface area contributed by atoms with Gasteiger partial charge in [0.05, 0.1) is 19.3 Å². The fourth-order valence-electron chi connectivity index (χ4n) is 1.98. The molecule has 6 nitrogen and oxygen atoms in total. The lowest BCUT2D eigenvalue weighted by molar-refractivity contribution is -0.118. The van der Waals surface area contributed by atoms with Crippen LogP contribution >= 0.6 is 0 Å². The van der Waals surface area contributed by atoms with E-state index in [1.807, 2.05) is 6.92 Å². The van der Waals surface area contributed by atoms with E-state index in [-0.39, 0.29) is 12.5 Å². The molecule has 0 radical (unpaired) electrons. The smallest absolute Gasteiger partial charge is 0.337 e. The third-order valence-corrected chi connectivity index (χ3v) is 3.07. The minimum Gasteiger partial charge on any atom is -0.494 e. The number of amides is 1. The molecule has 2 rings (SSSR count). The standard InChI is InChI=1S/C18H19NO5/c1-3-23-15-9-7-14(8-10-15)19-17(20)12-24-16-6-4-5-13(11-16)18(21)22-2/h4-11H,3,12H2,1-2H3,(H,19,20). The van der Waals surface area contributed by atoms with Crippen LogP contribution in [-0.4, -0.2) is 32.2 Å². The van der Waals surface area contributed by atoms with E-state index in [9.17, 15) is 9.59 Å². The number of methoxy groups -OCH3 is 1. The fraction of sp³-hybridized carbons (Fsp3) is 0.222. The molecular weight excluding hydrogens is 310 g/mol. The summed E-state index contributed by atoms with van der Waals surface area (Å²) in [6.07, 6.45) is 0. The summed E-state index contributed by atoms with van der Waals surface area (Å²) >= 11 is 0. The Morgan fingerprint density at radius 1 is 1.00 bits per heavy atom. The predicted molar refractivity (Wildman–Crippen MR) is 89.5 cm³/mol. The number of hydrogen-bond acceptors (Lipinski definition) is 5. The number of benzene rings is 2. The molecule has 0 spiro atoms. The number of ether oxygens (including phenoxy) is 3. The molecule has 1 amide bonds. The Kier molecular flexibility index (Phi) is 6.19. The van der Waals surface area contributed by atoms with Gasteiger partial charge in [0.25, 0.3) is 5.91 Å². The molecule has 0 saturated carbocycles. The van der Waals surface area contributed by atoms with Crippen molar-refractivity contribution >= 4 is 17.6 Å². The van der Waals surface area contributed by atoms with E-state index in [0.29, 0.717) is 23.6 Å². The predicted octanol–water partition coefficient (Wildman–Crippen LogP) is 2.89. The second-order valence-corrected chi connectivity index (χ2v) is 4.81. The van der Waals surface area contributed by atoms with Gasteiger partial charge in [-0.05, 0) is 49.4 Å². The van der Waals surface area contributed by atoms with E-state index in [4.69, 9.17) is 9.47 Å². The third kappa shape index (κ3) is 5.01.